The molecule has 0 fully saturated rings. The molecule has 1 amide bonds. The zero-order valence-corrected chi connectivity index (χ0v) is 19.1. The van der Waals surface area contributed by atoms with Gasteiger partial charge in [-0.2, -0.15) is 0 Å². The van der Waals surface area contributed by atoms with Crippen LogP contribution in [-0.4, -0.2) is 63.4 Å². The lowest BCUT2D eigenvalue weighted by Crippen LogP contribution is -2.38. The van der Waals surface area contributed by atoms with Gasteiger partial charge in [0.1, 0.15) is 0 Å². The van der Waals surface area contributed by atoms with Crippen molar-refractivity contribution < 1.29 is 19.0 Å². The highest BCUT2D eigenvalue weighted by atomic mass is 16.5. The molecule has 0 aliphatic heterocycles. The van der Waals surface area contributed by atoms with Crippen LogP contribution >= 0.6 is 0 Å². The second kappa shape index (κ2) is 14.2. The molecule has 1 aromatic carbocycles. The highest BCUT2D eigenvalue weighted by Gasteiger charge is 2.20. The lowest BCUT2D eigenvalue weighted by molar-refractivity contribution is 0.0700. The lowest BCUT2D eigenvalue weighted by Gasteiger charge is -2.28. The van der Waals surface area contributed by atoms with E-state index in [1.165, 1.54) is 0 Å². The maximum atomic E-state index is 13.2. The summed E-state index contributed by atoms with van der Waals surface area (Å²) in [6.07, 6.45) is 3.93. The summed E-state index contributed by atoms with van der Waals surface area (Å²) in [5, 5.41) is 3.50. The molecule has 1 rings (SSSR count). The minimum absolute atomic E-state index is 0.0286. The predicted octanol–water partition coefficient (Wildman–Crippen LogP) is 4.13. The number of ether oxygens (including phenoxy) is 3. The molecule has 1 N–H and O–H groups in total. The summed E-state index contributed by atoms with van der Waals surface area (Å²) >= 11 is 0. The summed E-state index contributed by atoms with van der Waals surface area (Å²) in [6, 6.07) is 6.05. The highest BCUT2D eigenvalue weighted by molar-refractivity contribution is 5.95. The second-order valence-corrected chi connectivity index (χ2v) is 7.46. The summed E-state index contributed by atoms with van der Waals surface area (Å²) in [5.41, 5.74) is 0.625. The first-order valence-electron chi connectivity index (χ1n) is 10.8. The first kappa shape index (κ1) is 25.2. The molecule has 166 valence electrons. The van der Waals surface area contributed by atoms with Crippen LogP contribution < -0.4 is 14.8 Å². The van der Waals surface area contributed by atoms with E-state index < -0.39 is 0 Å². The molecule has 0 unspecified atom stereocenters. The molecule has 0 heterocycles. The number of nitrogens with one attached hydrogen (secondary N) is 1. The molecule has 0 aromatic heterocycles. The van der Waals surface area contributed by atoms with Crippen LogP contribution in [0.3, 0.4) is 0 Å². The van der Waals surface area contributed by atoms with Crippen molar-refractivity contribution in [3.05, 3.63) is 23.8 Å². The topological polar surface area (TPSA) is 60.0 Å². The van der Waals surface area contributed by atoms with E-state index >= 15 is 0 Å². The molecule has 29 heavy (non-hydrogen) atoms. The van der Waals surface area contributed by atoms with Gasteiger partial charge < -0.3 is 24.4 Å². The van der Waals surface area contributed by atoms with E-state index in [2.05, 4.69) is 33.0 Å². The number of hydrogen-bond donors (Lipinski definition) is 1. The fourth-order valence-electron chi connectivity index (χ4n) is 3.32. The molecule has 0 saturated heterocycles. The van der Waals surface area contributed by atoms with Gasteiger partial charge in [-0.1, -0.05) is 13.8 Å². The monoisotopic (exact) mass is 408 g/mol. The Morgan fingerprint density at radius 1 is 1.10 bits per heavy atom. The Balaban J connectivity index is 2.82. The number of rotatable bonds is 15. The van der Waals surface area contributed by atoms with E-state index in [9.17, 15) is 4.79 Å². The van der Waals surface area contributed by atoms with Crippen molar-refractivity contribution in [2.24, 2.45) is 0 Å². The first-order valence-corrected chi connectivity index (χ1v) is 10.8. The van der Waals surface area contributed by atoms with E-state index in [1.54, 1.807) is 26.4 Å². The lowest BCUT2D eigenvalue weighted by atomic mass is 10.1. The van der Waals surface area contributed by atoms with Gasteiger partial charge in [0.2, 0.25) is 0 Å². The molecule has 6 heteroatoms. The van der Waals surface area contributed by atoms with Gasteiger partial charge in [0.25, 0.3) is 5.91 Å². The van der Waals surface area contributed by atoms with Crippen LogP contribution in [0.2, 0.25) is 0 Å². The maximum Gasteiger partial charge on any atom is 0.254 e. The summed E-state index contributed by atoms with van der Waals surface area (Å²) < 4.78 is 16.3. The molecule has 1 atom stereocenters. The molecule has 0 radical (unpaired) electrons. The van der Waals surface area contributed by atoms with Crippen LogP contribution in [0.1, 0.15) is 63.7 Å². The number of amides is 1. The minimum Gasteiger partial charge on any atom is -0.493 e. The Kier molecular flexibility index (Phi) is 12.4. The summed E-state index contributed by atoms with van der Waals surface area (Å²) in [7, 11) is 3.27. The fourth-order valence-corrected chi connectivity index (χ4v) is 3.32. The van der Waals surface area contributed by atoms with E-state index in [0.717, 1.165) is 38.8 Å². The molecule has 0 bridgehead atoms. The molecule has 0 spiro atoms. The van der Waals surface area contributed by atoms with Gasteiger partial charge in [0, 0.05) is 44.3 Å². The number of carbonyl (C=O) groups excluding carboxylic acids is 1. The van der Waals surface area contributed by atoms with Crippen LogP contribution in [0.15, 0.2) is 18.2 Å². The standard InChI is InChI=1S/C23H40N2O4/c1-7-20(24-8-2)11-9-14-25(18(3)4)23(26)19-12-13-21(28-6)22(17-19)29-16-10-15-27-5/h12-13,17-18,20,24H,7-11,14-16H2,1-6H3/t20-/m0/s1. The van der Waals surface area contributed by atoms with Crippen molar-refractivity contribution in [3.63, 3.8) is 0 Å². The van der Waals surface area contributed by atoms with Crippen LogP contribution in [0, 0.1) is 0 Å². The van der Waals surface area contributed by atoms with E-state index in [1.807, 2.05) is 11.0 Å². The quantitative estimate of drug-likeness (QED) is 0.442. The summed E-state index contributed by atoms with van der Waals surface area (Å²) in [6.45, 7) is 11.3. The summed E-state index contributed by atoms with van der Waals surface area (Å²) in [5.74, 6) is 1.25. The minimum atomic E-state index is 0.0286. The average Bonchev–Trinajstić information content (AvgIpc) is 2.72. The zero-order valence-electron chi connectivity index (χ0n) is 19.1. The number of hydrogen-bond acceptors (Lipinski definition) is 5. The Labute approximate surface area is 176 Å². The largest absolute Gasteiger partial charge is 0.493 e. The second-order valence-electron chi connectivity index (χ2n) is 7.46. The Bertz CT molecular complexity index is 592. The van der Waals surface area contributed by atoms with Gasteiger partial charge in [-0.05, 0) is 57.9 Å². The van der Waals surface area contributed by atoms with Gasteiger partial charge in [-0.15, -0.1) is 0 Å². The van der Waals surface area contributed by atoms with E-state index in [0.29, 0.717) is 36.3 Å². The SMILES string of the molecule is CCN[C@@H](CC)CCCN(C(=O)c1ccc(OC)c(OCCCOC)c1)C(C)C. The van der Waals surface area contributed by atoms with Crippen molar-refractivity contribution in [1.82, 2.24) is 10.2 Å². The fraction of sp³-hybridized carbons (Fsp3) is 0.696. The van der Waals surface area contributed by atoms with Crippen LogP contribution in [-0.2, 0) is 4.74 Å². The third-order valence-electron chi connectivity index (χ3n) is 4.98. The molecular formula is C23H40N2O4. The third kappa shape index (κ3) is 8.62. The van der Waals surface area contributed by atoms with Crippen LogP contribution in [0.4, 0.5) is 0 Å². The number of carbonyl (C=O) groups is 1. The van der Waals surface area contributed by atoms with Crippen molar-refractivity contribution in [2.75, 3.05) is 40.5 Å². The molecule has 0 saturated carbocycles. The normalized spacial score (nSPS) is 12.1. The van der Waals surface area contributed by atoms with Crippen LogP contribution in [0.5, 0.6) is 11.5 Å². The number of methoxy groups -OCH3 is 2. The Hall–Kier alpha value is -1.79. The highest BCUT2D eigenvalue weighted by Crippen LogP contribution is 2.29. The maximum absolute atomic E-state index is 13.2. The van der Waals surface area contributed by atoms with Gasteiger partial charge in [0.15, 0.2) is 11.5 Å². The third-order valence-corrected chi connectivity index (χ3v) is 4.98. The average molecular weight is 409 g/mol. The predicted molar refractivity (Wildman–Crippen MR) is 118 cm³/mol. The van der Waals surface area contributed by atoms with E-state index in [4.69, 9.17) is 14.2 Å². The van der Waals surface area contributed by atoms with Crippen molar-refractivity contribution in [1.29, 1.82) is 0 Å². The van der Waals surface area contributed by atoms with Crippen molar-refractivity contribution >= 4 is 5.91 Å². The van der Waals surface area contributed by atoms with Crippen molar-refractivity contribution in [2.45, 2.75) is 65.5 Å². The van der Waals surface area contributed by atoms with Crippen LogP contribution in [0.25, 0.3) is 0 Å². The van der Waals surface area contributed by atoms with Gasteiger partial charge in [0.05, 0.1) is 13.7 Å². The Morgan fingerprint density at radius 3 is 2.45 bits per heavy atom. The van der Waals surface area contributed by atoms with Gasteiger partial charge in [-0.25, -0.2) is 0 Å². The van der Waals surface area contributed by atoms with E-state index in [-0.39, 0.29) is 11.9 Å². The van der Waals surface area contributed by atoms with Gasteiger partial charge >= 0.3 is 0 Å². The molecule has 6 nitrogen and oxygen atoms in total. The van der Waals surface area contributed by atoms with Gasteiger partial charge in [-0.3, -0.25) is 4.79 Å². The molecule has 0 aliphatic rings. The summed E-state index contributed by atoms with van der Waals surface area (Å²) in [4.78, 5) is 15.1. The molecule has 1 aromatic rings. The van der Waals surface area contributed by atoms with Crippen molar-refractivity contribution in [3.8, 4) is 11.5 Å². The molecular weight excluding hydrogens is 368 g/mol. The number of benzene rings is 1. The number of nitrogens with zero attached hydrogens (tertiary/aromatic N) is 1. The zero-order chi connectivity index (χ0) is 21.6. The Morgan fingerprint density at radius 2 is 1.86 bits per heavy atom. The first-order chi connectivity index (χ1) is 14.0. The molecule has 0 aliphatic carbocycles. The smallest absolute Gasteiger partial charge is 0.254 e.